The van der Waals surface area contributed by atoms with E-state index in [0.717, 1.165) is 27.9 Å². The Morgan fingerprint density at radius 1 is 1.20 bits per heavy atom. The number of methoxy groups -OCH3 is 1. The van der Waals surface area contributed by atoms with Gasteiger partial charge in [-0.2, -0.15) is 5.26 Å². The van der Waals surface area contributed by atoms with Crippen molar-refractivity contribution in [2.75, 3.05) is 7.11 Å². The zero-order chi connectivity index (χ0) is 14.5. The number of hydrogen-bond acceptors (Lipinski definition) is 5. The van der Waals surface area contributed by atoms with E-state index < -0.39 is 0 Å². The number of ether oxygens (including phenoxy) is 1. The van der Waals surface area contributed by atoms with Crippen LogP contribution >= 0.6 is 11.8 Å². The van der Waals surface area contributed by atoms with Crippen molar-refractivity contribution in [3.05, 3.63) is 46.8 Å². The van der Waals surface area contributed by atoms with Crippen LogP contribution < -0.4 is 4.74 Å². The molecule has 102 valence electrons. The Labute approximate surface area is 122 Å². The van der Waals surface area contributed by atoms with Crippen LogP contribution in [0.1, 0.15) is 22.5 Å². The van der Waals surface area contributed by atoms with E-state index in [1.165, 1.54) is 11.8 Å². The lowest BCUT2D eigenvalue weighted by atomic mass is 10.1. The summed E-state index contributed by atoms with van der Waals surface area (Å²) in [6.07, 6.45) is 0. The maximum atomic E-state index is 8.96. The molecule has 0 atom stereocenters. The number of aromatic nitrogens is 2. The second kappa shape index (κ2) is 6.40. The first-order valence-corrected chi connectivity index (χ1v) is 7.13. The molecule has 0 bridgehead atoms. The van der Waals surface area contributed by atoms with Gasteiger partial charge >= 0.3 is 0 Å². The van der Waals surface area contributed by atoms with E-state index in [4.69, 9.17) is 10.00 Å². The first-order chi connectivity index (χ1) is 9.62. The molecular formula is C15H15N3OS. The zero-order valence-corrected chi connectivity index (χ0v) is 12.5. The number of nitrogens with zero attached hydrogens (tertiary/aromatic N) is 3. The highest BCUT2D eigenvalue weighted by Gasteiger charge is 2.07. The molecule has 5 heteroatoms. The van der Waals surface area contributed by atoms with Crippen LogP contribution in [0, 0.1) is 25.2 Å². The van der Waals surface area contributed by atoms with E-state index in [1.54, 1.807) is 13.2 Å². The van der Waals surface area contributed by atoms with Crippen molar-refractivity contribution in [2.24, 2.45) is 0 Å². The molecule has 1 heterocycles. The molecule has 0 fully saturated rings. The first-order valence-electron chi connectivity index (χ1n) is 6.14. The Bertz CT molecular complexity index is 644. The standard InChI is InChI=1S/C15H15N3OS/c1-10-6-11(2)18-15(17-10)20-9-13-7-12(8-16)4-5-14(13)19-3/h4-7H,9H2,1-3H3. The van der Waals surface area contributed by atoms with Crippen LogP contribution in [0.25, 0.3) is 0 Å². The second-order valence-electron chi connectivity index (χ2n) is 4.36. The second-order valence-corrected chi connectivity index (χ2v) is 5.30. The molecule has 20 heavy (non-hydrogen) atoms. The molecule has 0 saturated heterocycles. The maximum absolute atomic E-state index is 8.96. The van der Waals surface area contributed by atoms with E-state index >= 15 is 0 Å². The molecule has 1 aromatic heterocycles. The first kappa shape index (κ1) is 14.4. The molecule has 0 aliphatic heterocycles. The largest absolute Gasteiger partial charge is 0.496 e. The van der Waals surface area contributed by atoms with Crippen molar-refractivity contribution in [2.45, 2.75) is 24.8 Å². The molecule has 0 aliphatic rings. The monoisotopic (exact) mass is 285 g/mol. The summed E-state index contributed by atoms with van der Waals surface area (Å²) in [5, 5.41) is 9.70. The van der Waals surface area contributed by atoms with Gasteiger partial charge in [0.15, 0.2) is 5.16 Å². The third-order valence-corrected chi connectivity index (χ3v) is 3.62. The normalized spacial score (nSPS) is 10.1. The molecule has 4 nitrogen and oxygen atoms in total. The summed E-state index contributed by atoms with van der Waals surface area (Å²) in [6.45, 7) is 3.91. The van der Waals surface area contributed by atoms with Crippen molar-refractivity contribution < 1.29 is 4.74 Å². The maximum Gasteiger partial charge on any atom is 0.188 e. The number of benzene rings is 1. The van der Waals surface area contributed by atoms with E-state index in [1.807, 2.05) is 32.0 Å². The smallest absolute Gasteiger partial charge is 0.188 e. The minimum Gasteiger partial charge on any atom is -0.496 e. The van der Waals surface area contributed by atoms with E-state index in [-0.39, 0.29) is 0 Å². The summed E-state index contributed by atoms with van der Waals surface area (Å²) in [4.78, 5) is 8.79. The fraction of sp³-hybridized carbons (Fsp3) is 0.267. The van der Waals surface area contributed by atoms with Crippen LogP contribution in [0.3, 0.4) is 0 Å². The third-order valence-electron chi connectivity index (χ3n) is 2.73. The number of hydrogen-bond donors (Lipinski definition) is 0. The molecule has 1 aromatic carbocycles. The minimum absolute atomic E-state index is 0.628. The number of aryl methyl sites for hydroxylation is 2. The van der Waals surface area contributed by atoms with E-state index in [9.17, 15) is 0 Å². The lowest BCUT2D eigenvalue weighted by molar-refractivity contribution is 0.411. The van der Waals surface area contributed by atoms with Crippen molar-refractivity contribution >= 4 is 11.8 Å². The molecule has 0 spiro atoms. The van der Waals surface area contributed by atoms with Gasteiger partial charge < -0.3 is 4.74 Å². The topological polar surface area (TPSA) is 58.8 Å². The van der Waals surface area contributed by atoms with Crippen LogP contribution in [0.2, 0.25) is 0 Å². The van der Waals surface area contributed by atoms with Gasteiger partial charge in [0.2, 0.25) is 0 Å². The predicted molar refractivity (Wildman–Crippen MR) is 78.8 cm³/mol. The highest BCUT2D eigenvalue weighted by molar-refractivity contribution is 7.98. The summed E-state index contributed by atoms with van der Waals surface area (Å²) in [5.41, 5.74) is 3.51. The van der Waals surface area contributed by atoms with Gasteiger partial charge in [-0.15, -0.1) is 0 Å². The molecule has 0 saturated carbocycles. The van der Waals surface area contributed by atoms with Crippen LogP contribution in [0.5, 0.6) is 5.75 Å². The van der Waals surface area contributed by atoms with Gasteiger partial charge in [-0.05, 0) is 38.1 Å². The summed E-state index contributed by atoms with van der Waals surface area (Å²) >= 11 is 1.54. The SMILES string of the molecule is COc1ccc(C#N)cc1CSc1nc(C)cc(C)n1. The summed E-state index contributed by atoms with van der Waals surface area (Å²) < 4.78 is 5.32. The van der Waals surface area contributed by atoms with Crippen molar-refractivity contribution in [1.29, 1.82) is 5.26 Å². The van der Waals surface area contributed by atoms with Gasteiger partial charge in [0, 0.05) is 22.7 Å². The highest BCUT2D eigenvalue weighted by Crippen LogP contribution is 2.27. The number of thioether (sulfide) groups is 1. The molecule has 0 N–H and O–H groups in total. The molecule has 0 aliphatic carbocycles. The average Bonchev–Trinajstić information content (AvgIpc) is 2.43. The van der Waals surface area contributed by atoms with Gasteiger partial charge in [0.25, 0.3) is 0 Å². The average molecular weight is 285 g/mol. The van der Waals surface area contributed by atoms with Crippen molar-refractivity contribution in [1.82, 2.24) is 9.97 Å². The molecule has 0 amide bonds. The fourth-order valence-electron chi connectivity index (χ4n) is 1.86. The Balaban J connectivity index is 2.19. The molecular weight excluding hydrogens is 270 g/mol. The quantitative estimate of drug-likeness (QED) is 0.637. The fourth-order valence-corrected chi connectivity index (χ4v) is 2.79. The lowest BCUT2D eigenvalue weighted by Crippen LogP contribution is -1.95. The van der Waals surface area contributed by atoms with Gasteiger partial charge in [0.05, 0.1) is 18.7 Å². The summed E-state index contributed by atoms with van der Waals surface area (Å²) in [7, 11) is 1.63. The van der Waals surface area contributed by atoms with E-state index in [2.05, 4.69) is 16.0 Å². The lowest BCUT2D eigenvalue weighted by Gasteiger charge is -2.08. The molecule has 2 aromatic rings. The van der Waals surface area contributed by atoms with Crippen LogP contribution in [0.4, 0.5) is 0 Å². The minimum atomic E-state index is 0.628. The Morgan fingerprint density at radius 3 is 2.50 bits per heavy atom. The van der Waals surface area contributed by atoms with E-state index in [0.29, 0.717) is 11.3 Å². The van der Waals surface area contributed by atoms with Gasteiger partial charge in [-0.3, -0.25) is 0 Å². The molecule has 0 unspecified atom stereocenters. The van der Waals surface area contributed by atoms with Gasteiger partial charge in [-0.25, -0.2) is 9.97 Å². The third kappa shape index (κ3) is 3.49. The van der Waals surface area contributed by atoms with Crippen molar-refractivity contribution in [3.63, 3.8) is 0 Å². The highest BCUT2D eigenvalue weighted by atomic mass is 32.2. The van der Waals surface area contributed by atoms with Gasteiger partial charge in [-0.1, -0.05) is 11.8 Å². The zero-order valence-electron chi connectivity index (χ0n) is 11.7. The Kier molecular flexibility index (Phi) is 4.59. The van der Waals surface area contributed by atoms with Crippen LogP contribution in [0.15, 0.2) is 29.4 Å². The number of nitriles is 1. The summed E-state index contributed by atoms with van der Waals surface area (Å²) in [5.74, 6) is 1.45. The predicted octanol–water partition coefficient (Wildman–Crippen LogP) is 3.27. The van der Waals surface area contributed by atoms with Crippen LogP contribution in [-0.4, -0.2) is 17.1 Å². The Hall–Kier alpha value is -2.06. The van der Waals surface area contributed by atoms with Crippen molar-refractivity contribution in [3.8, 4) is 11.8 Å². The summed E-state index contributed by atoms with van der Waals surface area (Å²) in [6, 6.07) is 9.49. The number of rotatable bonds is 4. The molecule has 0 radical (unpaired) electrons. The Morgan fingerprint density at radius 2 is 1.90 bits per heavy atom. The molecule has 2 rings (SSSR count). The van der Waals surface area contributed by atoms with Crippen LogP contribution in [-0.2, 0) is 5.75 Å². The van der Waals surface area contributed by atoms with Gasteiger partial charge in [0.1, 0.15) is 5.75 Å².